The molecule has 0 atom stereocenters. The van der Waals surface area contributed by atoms with E-state index in [1.165, 1.54) is 0 Å². The summed E-state index contributed by atoms with van der Waals surface area (Å²) in [6.45, 7) is -2.25. The fourth-order valence-electron chi connectivity index (χ4n) is 1.48. The lowest BCUT2D eigenvalue weighted by Crippen LogP contribution is -2.43. The van der Waals surface area contributed by atoms with Crippen molar-refractivity contribution in [3.05, 3.63) is 0 Å². The van der Waals surface area contributed by atoms with E-state index in [4.69, 9.17) is 20.4 Å². The lowest BCUT2D eigenvalue weighted by Gasteiger charge is -2.23. The van der Waals surface area contributed by atoms with Crippen LogP contribution in [0.3, 0.4) is 0 Å². The monoisotopic (exact) mass is 306 g/mol. The van der Waals surface area contributed by atoms with Crippen LogP contribution in [0.15, 0.2) is 0 Å². The Labute approximate surface area is 122 Å². The van der Waals surface area contributed by atoms with Crippen LogP contribution < -0.4 is 0 Å². The molecular formula is C10H19BN2O8. The van der Waals surface area contributed by atoms with Gasteiger partial charge in [0.25, 0.3) is 0 Å². The van der Waals surface area contributed by atoms with E-state index in [0.717, 1.165) is 9.80 Å². The van der Waals surface area contributed by atoms with Crippen molar-refractivity contribution in [2.75, 3.05) is 39.3 Å². The zero-order chi connectivity index (χ0) is 15.7. The van der Waals surface area contributed by atoms with Crippen LogP contribution >= 0.6 is 0 Å². The van der Waals surface area contributed by atoms with E-state index in [1.54, 1.807) is 0 Å². The molecule has 0 unspecified atom stereocenters. The van der Waals surface area contributed by atoms with Crippen molar-refractivity contribution in [2.45, 2.75) is 0 Å². The number of carbonyl (C=O) groups is 4. The fraction of sp³-hybridized carbons (Fsp3) is 0.600. The Kier molecular flexibility index (Phi) is 10.7. The highest BCUT2D eigenvalue weighted by atomic mass is 16.4. The number of hydrogen-bond acceptors (Lipinski definition) is 6. The smallest absolute Gasteiger partial charge is 0.317 e. The zero-order valence-electron chi connectivity index (χ0n) is 10.6. The van der Waals surface area contributed by atoms with Gasteiger partial charge in [0.2, 0.25) is 0 Å². The number of hydrogen-bond donors (Lipinski definition) is 4. The van der Waals surface area contributed by atoms with Crippen molar-refractivity contribution in [1.82, 2.24) is 9.80 Å². The second kappa shape index (κ2) is 10.6. The van der Waals surface area contributed by atoms with Gasteiger partial charge in [-0.15, -0.1) is 0 Å². The third-order valence-corrected chi connectivity index (χ3v) is 2.17. The minimum Gasteiger partial charge on any atom is -0.480 e. The molecule has 0 amide bonds. The Morgan fingerprint density at radius 3 is 0.905 bits per heavy atom. The molecule has 0 aromatic heterocycles. The molecule has 0 fully saturated rings. The Bertz CT molecular complexity index is 321. The molecule has 0 saturated heterocycles. The van der Waals surface area contributed by atoms with Gasteiger partial charge in [0.1, 0.15) is 0 Å². The van der Waals surface area contributed by atoms with Crippen LogP contribution in [0.5, 0.6) is 0 Å². The van der Waals surface area contributed by atoms with Crippen LogP contribution in [0, 0.1) is 0 Å². The van der Waals surface area contributed by atoms with Crippen LogP contribution in [0.25, 0.3) is 0 Å². The normalized spacial score (nSPS) is 10.2. The maximum atomic E-state index is 10.6. The number of carboxylic acids is 4. The van der Waals surface area contributed by atoms with Crippen LogP contribution in [0.4, 0.5) is 0 Å². The summed E-state index contributed by atoms with van der Waals surface area (Å²) in [6.07, 6.45) is 0. The topological polar surface area (TPSA) is 156 Å². The molecule has 0 aliphatic carbocycles. The molecule has 4 N–H and O–H groups in total. The fourth-order valence-corrected chi connectivity index (χ4v) is 1.48. The first kappa shape index (κ1) is 21.2. The van der Waals surface area contributed by atoms with E-state index >= 15 is 0 Å². The van der Waals surface area contributed by atoms with Crippen molar-refractivity contribution >= 4 is 32.3 Å². The quantitative estimate of drug-likeness (QED) is 0.286. The standard InChI is InChI=1S/C10H16N2O8.BH3/c13-7(14)3-11(4-8(15)16)1-2-12(5-9(17)18)6-10(19)20;/h1-6H2,(H,13,14)(H,15,16)(H,17,18)(H,19,20);1H3. The van der Waals surface area contributed by atoms with E-state index in [1.807, 2.05) is 0 Å². The number of aliphatic carboxylic acids is 4. The second-order valence-corrected chi connectivity index (χ2v) is 4.00. The third kappa shape index (κ3) is 12.6. The summed E-state index contributed by atoms with van der Waals surface area (Å²) in [5, 5.41) is 34.5. The van der Waals surface area contributed by atoms with Crippen molar-refractivity contribution in [2.24, 2.45) is 0 Å². The SMILES string of the molecule is B.O=C(O)CN(CCN(CC(=O)O)CC(=O)O)CC(=O)O. The van der Waals surface area contributed by atoms with Crippen molar-refractivity contribution < 1.29 is 39.6 Å². The molecule has 0 rings (SSSR count). The first-order valence-corrected chi connectivity index (χ1v) is 5.52. The molecule has 120 valence electrons. The van der Waals surface area contributed by atoms with E-state index in [9.17, 15) is 19.2 Å². The summed E-state index contributed by atoms with van der Waals surface area (Å²) in [5.41, 5.74) is 0. The van der Waals surface area contributed by atoms with Crippen LogP contribution in [-0.2, 0) is 19.2 Å². The molecule has 0 aliphatic rings. The number of carboxylic acid groups (broad SMARTS) is 4. The summed E-state index contributed by atoms with van der Waals surface area (Å²) in [5.74, 6) is -4.91. The summed E-state index contributed by atoms with van der Waals surface area (Å²) >= 11 is 0. The third-order valence-electron chi connectivity index (χ3n) is 2.17. The highest BCUT2D eigenvalue weighted by Crippen LogP contribution is 1.94. The van der Waals surface area contributed by atoms with E-state index < -0.39 is 50.1 Å². The van der Waals surface area contributed by atoms with E-state index in [0.29, 0.717) is 0 Å². The van der Waals surface area contributed by atoms with Gasteiger partial charge >= 0.3 is 23.9 Å². The summed E-state index contributed by atoms with van der Waals surface area (Å²) < 4.78 is 0. The van der Waals surface area contributed by atoms with Crippen molar-refractivity contribution in [3.8, 4) is 0 Å². The molecule has 21 heavy (non-hydrogen) atoms. The van der Waals surface area contributed by atoms with Gasteiger partial charge in [-0.25, -0.2) is 0 Å². The highest BCUT2D eigenvalue weighted by molar-refractivity contribution is 5.75. The van der Waals surface area contributed by atoms with Gasteiger partial charge in [-0.05, 0) is 0 Å². The minimum atomic E-state index is -1.23. The average Bonchev–Trinajstić information content (AvgIpc) is 2.22. The van der Waals surface area contributed by atoms with Gasteiger partial charge < -0.3 is 20.4 Å². The van der Waals surface area contributed by atoms with E-state index in [2.05, 4.69) is 0 Å². The Balaban J connectivity index is 0. The molecule has 11 heteroatoms. The highest BCUT2D eigenvalue weighted by Gasteiger charge is 2.17. The Hall–Kier alpha value is -2.14. The van der Waals surface area contributed by atoms with Crippen LogP contribution in [0.1, 0.15) is 0 Å². The predicted molar refractivity (Wildman–Crippen MR) is 73.4 cm³/mol. The zero-order valence-corrected chi connectivity index (χ0v) is 10.6. The van der Waals surface area contributed by atoms with Gasteiger partial charge in [0.05, 0.1) is 34.6 Å². The molecule has 10 nitrogen and oxygen atoms in total. The first-order valence-electron chi connectivity index (χ1n) is 5.52. The van der Waals surface area contributed by atoms with Crippen molar-refractivity contribution in [1.29, 1.82) is 0 Å². The van der Waals surface area contributed by atoms with Crippen LogP contribution in [-0.4, -0.2) is 102 Å². The lowest BCUT2D eigenvalue weighted by atomic mass is 10.4. The Morgan fingerprint density at radius 2 is 0.762 bits per heavy atom. The second-order valence-electron chi connectivity index (χ2n) is 4.00. The molecule has 0 radical (unpaired) electrons. The van der Waals surface area contributed by atoms with Gasteiger partial charge in [-0.1, -0.05) is 0 Å². The molecule has 0 heterocycles. The van der Waals surface area contributed by atoms with Gasteiger partial charge in [-0.3, -0.25) is 29.0 Å². The molecule has 0 bridgehead atoms. The van der Waals surface area contributed by atoms with Gasteiger partial charge in [-0.2, -0.15) is 0 Å². The molecule has 0 aliphatic heterocycles. The van der Waals surface area contributed by atoms with Gasteiger partial charge in [0.15, 0.2) is 0 Å². The first-order chi connectivity index (χ1) is 9.20. The lowest BCUT2D eigenvalue weighted by molar-refractivity contribution is -0.145. The van der Waals surface area contributed by atoms with Crippen LogP contribution in [0.2, 0.25) is 0 Å². The largest absolute Gasteiger partial charge is 0.480 e. The summed E-state index contributed by atoms with van der Waals surface area (Å²) in [6, 6.07) is 0. The Morgan fingerprint density at radius 1 is 0.571 bits per heavy atom. The average molecular weight is 306 g/mol. The number of rotatable bonds is 11. The molecular weight excluding hydrogens is 287 g/mol. The summed E-state index contributed by atoms with van der Waals surface area (Å²) in [7, 11) is 0. The minimum absolute atomic E-state index is 0. The van der Waals surface area contributed by atoms with E-state index in [-0.39, 0.29) is 21.5 Å². The maximum absolute atomic E-state index is 10.6. The molecule has 0 aromatic carbocycles. The predicted octanol–water partition coefficient (Wildman–Crippen LogP) is -3.26. The molecule has 0 saturated carbocycles. The maximum Gasteiger partial charge on any atom is 0.317 e. The molecule has 0 spiro atoms. The van der Waals surface area contributed by atoms with Crippen molar-refractivity contribution in [3.63, 3.8) is 0 Å². The summed E-state index contributed by atoms with van der Waals surface area (Å²) in [4.78, 5) is 44.4. The number of nitrogens with zero attached hydrogens (tertiary/aromatic N) is 2. The molecule has 0 aromatic rings. The van der Waals surface area contributed by atoms with Gasteiger partial charge in [0, 0.05) is 13.1 Å².